The van der Waals surface area contributed by atoms with Gasteiger partial charge in [0.1, 0.15) is 0 Å². The fourth-order valence-corrected chi connectivity index (χ4v) is 2.34. The first-order valence-electron chi connectivity index (χ1n) is 8.59. The zero-order chi connectivity index (χ0) is 19.6. The average Bonchev–Trinajstić information content (AvgIpc) is 3.48. The molecule has 142 valence electrons. The molecule has 0 saturated heterocycles. The Hall–Kier alpha value is -3.78. The predicted octanol–water partition coefficient (Wildman–Crippen LogP) is 2.33. The summed E-state index contributed by atoms with van der Waals surface area (Å²) in [6.07, 6.45) is 4.95. The third-order valence-corrected chi connectivity index (χ3v) is 3.69. The molecule has 0 atom stereocenters. The van der Waals surface area contributed by atoms with Gasteiger partial charge in [0.25, 0.3) is 5.91 Å². The lowest BCUT2D eigenvalue weighted by molar-refractivity contribution is 0.0945. The van der Waals surface area contributed by atoms with Crippen LogP contribution in [0.15, 0.2) is 84.0 Å². The first-order valence-corrected chi connectivity index (χ1v) is 8.59. The largest absolute Gasteiger partial charge is 0.395 e. The fourth-order valence-electron chi connectivity index (χ4n) is 2.34. The number of carbonyl (C=O) groups is 1. The van der Waals surface area contributed by atoms with Crippen molar-refractivity contribution >= 4 is 5.91 Å². The molecule has 8 nitrogen and oxygen atoms in total. The van der Waals surface area contributed by atoms with Gasteiger partial charge in [0.15, 0.2) is 0 Å². The van der Waals surface area contributed by atoms with E-state index in [2.05, 4.69) is 20.6 Å². The van der Waals surface area contributed by atoms with Gasteiger partial charge in [0, 0.05) is 30.1 Å². The minimum atomic E-state index is -0.148. The van der Waals surface area contributed by atoms with Crippen LogP contribution in [-0.2, 0) is 0 Å². The third-order valence-electron chi connectivity index (χ3n) is 3.69. The number of aromatic nitrogens is 4. The van der Waals surface area contributed by atoms with Crippen molar-refractivity contribution in [1.29, 1.82) is 0 Å². The van der Waals surface area contributed by atoms with Gasteiger partial charge in [-0.15, -0.1) is 0 Å². The second-order valence-electron chi connectivity index (χ2n) is 5.60. The number of aliphatic hydroxyl groups is 1. The second-order valence-corrected chi connectivity index (χ2v) is 5.60. The molecule has 0 fully saturated rings. The average molecular weight is 377 g/mol. The van der Waals surface area contributed by atoms with Crippen LogP contribution in [-0.4, -0.2) is 44.1 Å². The highest BCUT2D eigenvalue weighted by atomic mass is 16.5. The molecule has 28 heavy (non-hydrogen) atoms. The van der Waals surface area contributed by atoms with Gasteiger partial charge in [0.05, 0.1) is 12.3 Å². The van der Waals surface area contributed by atoms with Gasteiger partial charge in [-0.3, -0.25) is 4.79 Å². The van der Waals surface area contributed by atoms with Crippen LogP contribution in [0.1, 0.15) is 10.4 Å². The molecule has 0 aliphatic heterocycles. The van der Waals surface area contributed by atoms with Crippen molar-refractivity contribution in [2.75, 3.05) is 13.2 Å². The topological polar surface area (TPSA) is 106 Å². The summed E-state index contributed by atoms with van der Waals surface area (Å²) >= 11 is 0. The normalized spacial score (nSPS) is 10.0. The van der Waals surface area contributed by atoms with Crippen LogP contribution in [0.5, 0.6) is 0 Å². The van der Waals surface area contributed by atoms with Crippen molar-refractivity contribution in [1.82, 2.24) is 25.2 Å². The summed E-state index contributed by atoms with van der Waals surface area (Å²) in [7, 11) is 0. The Morgan fingerprint density at radius 1 is 1.07 bits per heavy atom. The summed E-state index contributed by atoms with van der Waals surface area (Å²) in [6, 6.07) is 18.6. The number of nitrogens with zero attached hydrogens (tertiary/aromatic N) is 4. The van der Waals surface area contributed by atoms with Crippen LogP contribution in [0, 0.1) is 0 Å². The molecule has 2 aromatic heterocycles. The molecule has 0 aliphatic carbocycles. The summed E-state index contributed by atoms with van der Waals surface area (Å²) in [5, 5.41) is 18.9. The Labute approximate surface area is 161 Å². The maximum Gasteiger partial charge on any atom is 0.251 e. The lowest BCUT2D eigenvalue weighted by Gasteiger charge is -2.01. The molecule has 4 rings (SSSR count). The summed E-state index contributed by atoms with van der Waals surface area (Å²) in [6.45, 7) is 0.270. The Bertz CT molecular complexity index is 900. The molecule has 2 heterocycles. The highest BCUT2D eigenvalue weighted by Gasteiger charge is 2.03. The van der Waals surface area contributed by atoms with Gasteiger partial charge in [0.2, 0.25) is 12.2 Å². The van der Waals surface area contributed by atoms with Crippen molar-refractivity contribution in [3.63, 3.8) is 0 Å². The molecule has 0 radical (unpaired) electrons. The summed E-state index contributed by atoms with van der Waals surface area (Å²) < 4.78 is 6.48. The number of rotatable bonds is 5. The Kier molecular flexibility index (Phi) is 6.64. The Morgan fingerprint density at radius 2 is 1.86 bits per heavy atom. The monoisotopic (exact) mass is 377 g/mol. The molecule has 0 bridgehead atoms. The van der Waals surface area contributed by atoms with Crippen LogP contribution in [0.2, 0.25) is 0 Å². The third kappa shape index (κ3) is 5.12. The summed E-state index contributed by atoms with van der Waals surface area (Å²) in [5.74, 6) is 0.441. The van der Waals surface area contributed by atoms with Crippen molar-refractivity contribution in [2.45, 2.75) is 0 Å². The first-order chi connectivity index (χ1) is 13.8. The van der Waals surface area contributed by atoms with Crippen molar-refractivity contribution < 1.29 is 14.4 Å². The van der Waals surface area contributed by atoms with Gasteiger partial charge in [-0.25, -0.2) is 4.68 Å². The quantitative estimate of drug-likeness (QED) is 0.553. The number of aliphatic hydroxyl groups excluding tert-OH is 1. The molecule has 2 N–H and O–H groups in total. The van der Waals surface area contributed by atoms with E-state index in [1.165, 1.54) is 6.39 Å². The molecule has 2 aromatic carbocycles. The molecule has 0 saturated carbocycles. The maximum absolute atomic E-state index is 11.2. The van der Waals surface area contributed by atoms with Crippen LogP contribution in [0.3, 0.4) is 0 Å². The maximum atomic E-state index is 11.2. The van der Waals surface area contributed by atoms with Crippen LogP contribution < -0.4 is 5.32 Å². The number of benzene rings is 2. The number of amides is 1. The first kappa shape index (κ1) is 19.0. The zero-order valence-electron chi connectivity index (χ0n) is 15.0. The minimum Gasteiger partial charge on any atom is -0.395 e. The molecule has 0 aliphatic rings. The molecule has 0 unspecified atom stereocenters. The van der Waals surface area contributed by atoms with E-state index in [1.54, 1.807) is 35.1 Å². The van der Waals surface area contributed by atoms with E-state index >= 15 is 0 Å². The van der Waals surface area contributed by atoms with Gasteiger partial charge in [-0.1, -0.05) is 23.4 Å². The van der Waals surface area contributed by atoms with E-state index < -0.39 is 0 Å². The van der Waals surface area contributed by atoms with Crippen LogP contribution >= 0.6 is 0 Å². The van der Waals surface area contributed by atoms with Gasteiger partial charge in [-0.2, -0.15) is 10.1 Å². The van der Waals surface area contributed by atoms with Crippen LogP contribution in [0.25, 0.3) is 17.1 Å². The van der Waals surface area contributed by atoms with E-state index in [1.807, 2.05) is 42.6 Å². The lowest BCUT2D eigenvalue weighted by Crippen LogP contribution is -2.26. The van der Waals surface area contributed by atoms with Crippen molar-refractivity contribution in [3.8, 4) is 17.1 Å². The molecule has 1 amide bonds. The van der Waals surface area contributed by atoms with Gasteiger partial charge in [-0.05, 0) is 42.5 Å². The smallest absolute Gasteiger partial charge is 0.251 e. The number of hydrogen-bond donors (Lipinski definition) is 2. The van der Waals surface area contributed by atoms with E-state index in [0.717, 1.165) is 11.3 Å². The van der Waals surface area contributed by atoms with E-state index in [9.17, 15) is 4.79 Å². The molecule has 8 heteroatoms. The number of carbonyl (C=O) groups excluding carboxylic acids is 1. The summed E-state index contributed by atoms with van der Waals surface area (Å²) in [4.78, 5) is 15.2. The lowest BCUT2D eigenvalue weighted by atomic mass is 10.2. The van der Waals surface area contributed by atoms with Crippen molar-refractivity contribution in [3.05, 3.63) is 85.0 Å². The number of hydrogen-bond acceptors (Lipinski definition) is 6. The Balaban J connectivity index is 0.000000169. The standard InChI is InChI=1S/C11H8N4O.C9H11NO2/c1-6-13-15(7-1)10-4-2-9(3-5-10)11-12-8-16-14-11;11-7-6-10-9(12)8-4-2-1-3-5-8/h1-8H;1-5,11H,6-7H2,(H,10,12). The molecule has 0 spiro atoms. The highest BCUT2D eigenvalue weighted by molar-refractivity contribution is 5.94. The molecular formula is C20H19N5O3. The van der Waals surface area contributed by atoms with E-state index in [4.69, 9.17) is 9.63 Å². The van der Waals surface area contributed by atoms with E-state index in [0.29, 0.717) is 17.9 Å². The molecular weight excluding hydrogens is 358 g/mol. The van der Waals surface area contributed by atoms with Gasteiger partial charge >= 0.3 is 0 Å². The Morgan fingerprint density at radius 3 is 2.46 bits per heavy atom. The SMILES string of the molecule is O=C(NCCO)c1ccccc1.c1cnn(-c2ccc(-c3ncon3)cc2)c1. The summed E-state index contributed by atoms with van der Waals surface area (Å²) in [5.41, 5.74) is 2.54. The van der Waals surface area contributed by atoms with E-state index in [-0.39, 0.29) is 12.5 Å². The second kappa shape index (κ2) is 9.79. The van der Waals surface area contributed by atoms with Crippen molar-refractivity contribution in [2.24, 2.45) is 0 Å². The van der Waals surface area contributed by atoms with Crippen LogP contribution in [0.4, 0.5) is 0 Å². The number of nitrogens with one attached hydrogen (secondary N) is 1. The molecule has 4 aromatic rings. The zero-order valence-corrected chi connectivity index (χ0v) is 15.0. The fraction of sp³-hybridized carbons (Fsp3) is 0.100. The predicted molar refractivity (Wildman–Crippen MR) is 103 cm³/mol. The minimum absolute atomic E-state index is 0.0292. The highest BCUT2D eigenvalue weighted by Crippen LogP contribution is 2.16. The van der Waals surface area contributed by atoms with Gasteiger partial charge < -0.3 is 14.9 Å².